The minimum atomic E-state index is -2.41. The van der Waals surface area contributed by atoms with Gasteiger partial charge in [0.05, 0.1) is 5.92 Å². The Morgan fingerprint density at radius 2 is 2.03 bits per heavy atom. The largest absolute Gasteiger partial charge is 0.444 e. The first-order valence-electron chi connectivity index (χ1n) is 10.6. The van der Waals surface area contributed by atoms with Crippen molar-refractivity contribution in [2.75, 3.05) is 13.7 Å². The van der Waals surface area contributed by atoms with E-state index in [0.717, 1.165) is 5.06 Å². The number of Topliss-reactive ketones (excluding diaryl/α,β-unsaturated/α-hetero) is 1. The lowest BCUT2D eigenvalue weighted by Gasteiger charge is -2.49. The van der Waals surface area contributed by atoms with Gasteiger partial charge in [0.2, 0.25) is 11.6 Å². The maximum Gasteiger partial charge on any atom is 0.434 e. The Hall–Kier alpha value is -2.21. The highest BCUT2D eigenvalue weighted by Gasteiger charge is 2.77. The van der Waals surface area contributed by atoms with E-state index in [2.05, 4.69) is 45.8 Å². The topological polar surface area (TPSA) is 113 Å². The van der Waals surface area contributed by atoms with Crippen LogP contribution in [0.25, 0.3) is 0 Å². The molecule has 0 aromatic heterocycles. The molecule has 0 bridgehead atoms. The van der Waals surface area contributed by atoms with Crippen molar-refractivity contribution in [1.29, 1.82) is 0 Å². The smallest absolute Gasteiger partial charge is 0.434 e. The number of hydroxylamine groups is 2. The fourth-order valence-corrected chi connectivity index (χ4v) is 6.06. The van der Waals surface area contributed by atoms with Gasteiger partial charge in [-0.3, -0.25) is 9.63 Å². The zero-order chi connectivity index (χ0) is 23.7. The lowest BCUT2D eigenvalue weighted by atomic mass is 9.74. The molecule has 0 aromatic rings. The Kier molecular flexibility index (Phi) is 5.12. The van der Waals surface area contributed by atoms with Gasteiger partial charge in [0.25, 0.3) is 0 Å². The van der Waals surface area contributed by atoms with Crippen molar-refractivity contribution in [3.8, 4) is 0 Å². The van der Waals surface area contributed by atoms with Gasteiger partial charge >= 0.3 is 12.2 Å². The zero-order valence-electron chi connectivity index (χ0n) is 19.2. The number of hydrogen-bond acceptors (Lipinski definition) is 8. The Bertz CT molecular complexity index is 899. The van der Waals surface area contributed by atoms with Crippen LogP contribution in [0.2, 0.25) is 18.1 Å². The molecule has 6 atom stereocenters. The minimum Gasteiger partial charge on any atom is -0.444 e. The summed E-state index contributed by atoms with van der Waals surface area (Å²) in [7, 11) is -0.923. The quantitative estimate of drug-likeness (QED) is 0.373. The molecule has 4 aliphatic rings. The first kappa shape index (κ1) is 23.0. The molecule has 2 heterocycles. The highest BCUT2D eigenvalue weighted by molar-refractivity contribution is 6.74. The second kappa shape index (κ2) is 7.14. The van der Waals surface area contributed by atoms with Crippen molar-refractivity contribution in [1.82, 2.24) is 10.4 Å². The summed E-state index contributed by atoms with van der Waals surface area (Å²) in [5.74, 6) is -2.53. The van der Waals surface area contributed by atoms with Crippen LogP contribution in [-0.2, 0) is 28.3 Å². The van der Waals surface area contributed by atoms with Crippen LogP contribution in [0.1, 0.15) is 20.8 Å². The van der Waals surface area contributed by atoms with E-state index in [9.17, 15) is 14.4 Å². The van der Waals surface area contributed by atoms with E-state index in [1.165, 1.54) is 13.2 Å². The Balaban J connectivity index is 1.81. The van der Waals surface area contributed by atoms with E-state index in [4.69, 9.17) is 23.5 Å². The van der Waals surface area contributed by atoms with Gasteiger partial charge in [-0.15, -0.1) is 0 Å². The third kappa shape index (κ3) is 2.98. The molecule has 32 heavy (non-hydrogen) atoms. The van der Waals surface area contributed by atoms with Gasteiger partial charge in [-0.05, 0) is 24.2 Å². The maximum absolute atomic E-state index is 13.3. The highest BCUT2D eigenvalue weighted by atomic mass is 28.4. The standard InChI is InChI=1S/C21H30N2O8Si/c1-8-11-28-18(26)23-13-12-15(30-23)21(27-5,31-32(6,7)19(2,3)4)10-9-20(12)16(14(13)24)29-17(25)22-20/h8-10,12-13,15-16H,1,11H2,2-7H3,(H,22,25)/t12-,13-,15+,16+,20-,21-/m0/s1. The molecule has 1 N–H and O–H groups in total. The summed E-state index contributed by atoms with van der Waals surface area (Å²) in [6, 6.07) is -1.04. The molecule has 0 aromatic carbocycles. The van der Waals surface area contributed by atoms with E-state index >= 15 is 0 Å². The molecule has 3 fully saturated rings. The normalized spacial score (nSPS) is 37.6. The number of alkyl carbamates (subject to hydrolysis) is 1. The van der Waals surface area contributed by atoms with Crippen molar-refractivity contribution in [2.24, 2.45) is 5.92 Å². The Labute approximate surface area is 187 Å². The molecule has 4 rings (SSSR count). The van der Waals surface area contributed by atoms with Gasteiger partial charge < -0.3 is 24.0 Å². The Morgan fingerprint density at radius 1 is 1.34 bits per heavy atom. The molecule has 2 aliphatic carbocycles. The molecule has 2 aliphatic heterocycles. The third-order valence-electron chi connectivity index (χ3n) is 7.26. The Morgan fingerprint density at radius 3 is 2.62 bits per heavy atom. The van der Waals surface area contributed by atoms with Crippen molar-refractivity contribution in [3.05, 3.63) is 24.8 Å². The van der Waals surface area contributed by atoms with E-state index in [1.807, 2.05) is 0 Å². The number of carbonyl (C=O) groups is 3. The van der Waals surface area contributed by atoms with E-state index < -0.39 is 61.8 Å². The van der Waals surface area contributed by atoms with Gasteiger partial charge in [-0.1, -0.05) is 39.5 Å². The van der Waals surface area contributed by atoms with Gasteiger partial charge in [0.1, 0.15) is 18.2 Å². The molecule has 11 heteroatoms. The maximum atomic E-state index is 13.3. The number of amides is 2. The van der Waals surface area contributed by atoms with Crippen LogP contribution in [-0.4, -0.2) is 74.6 Å². The van der Waals surface area contributed by atoms with Crippen LogP contribution < -0.4 is 5.32 Å². The van der Waals surface area contributed by atoms with E-state index in [-0.39, 0.29) is 11.6 Å². The van der Waals surface area contributed by atoms with Crippen molar-refractivity contribution in [2.45, 2.75) is 68.5 Å². The predicted octanol–water partition coefficient (Wildman–Crippen LogP) is 2.27. The molecule has 1 spiro atoms. The summed E-state index contributed by atoms with van der Waals surface area (Å²) in [6.07, 6.45) is 1.24. The number of ether oxygens (including phenoxy) is 3. The SMILES string of the molecule is C=CCOC(=O)N1O[C@@H]2[C@@H]3[C@H]1C(=O)[C@H]1OC(=O)N[C@@]31C=C[C@]2(OC)O[Si](C)(C)C(C)(C)C. The number of hydrogen-bond donors (Lipinski definition) is 1. The first-order valence-corrected chi connectivity index (χ1v) is 13.5. The summed E-state index contributed by atoms with van der Waals surface area (Å²) in [4.78, 5) is 44.2. The average Bonchev–Trinajstić information content (AvgIpc) is 3.33. The molecule has 2 saturated heterocycles. The zero-order valence-corrected chi connectivity index (χ0v) is 20.2. The summed E-state index contributed by atoms with van der Waals surface area (Å²) in [5.41, 5.74) is -1.17. The van der Waals surface area contributed by atoms with Crippen LogP contribution >= 0.6 is 0 Å². The molecular weight excluding hydrogens is 436 g/mol. The molecule has 0 radical (unpaired) electrons. The summed E-state index contributed by atoms with van der Waals surface area (Å²) < 4.78 is 23.0. The van der Waals surface area contributed by atoms with Gasteiger partial charge in [0.15, 0.2) is 20.5 Å². The summed E-state index contributed by atoms with van der Waals surface area (Å²) >= 11 is 0. The second-order valence-corrected chi connectivity index (χ2v) is 14.8. The second-order valence-electron chi connectivity index (χ2n) is 10.1. The fourth-order valence-electron chi connectivity index (χ4n) is 4.69. The van der Waals surface area contributed by atoms with Crippen LogP contribution in [0.15, 0.2) is 24.8 Å². The summed E-state index contributed by atoms with van der Waals surface area (Å²) in [6.45, 7) is 13.9. The minimum absolute atomic E-state index is 0.0507. The van der Waals surface area contributed by atoms with Gasteiger partial charge in [0, 0.05) is 7.11 Å². The average molecular weight is 467 g/mol. The van der Waals surface area contributed by atoms with Crippen molar-refractivity contribution >= 4 is 26.3 Å². The molecule has 10 nitrogen and oxygen atoms in total. The van der Waals surface area contributed by atoms with Crippen LogP contribution in [0.4, 0.5) is 9.59 Å². The monoisotopic (exact) mass is 466 g/mol. The number of carbonyl (C=O) groups excluding carboxylic acids is 3. The highest BCUT2D eigenvalue weighted by Crippen LogP contribution is 2.56. The molecule has 0 unspecified atom stereocenters. The summed E-state index contributed by atoms with van der Waals surface area (Å²) in [5, 5.41) is 3.55. The van der Waals surface area contributed by atoms with Crippen LogP contribution in [0, 0.1) is 5.92 Å². The van der Waals surface area contributed by atoms with Crippen molar-refractivity contribution in [3.63, 3.8) is 0 Å². The molecule has 1 saturated carbocycles. The number of ketones is 1. The number of nitrogens with one attached hydrogen (secondary N) is 1. The van der Waals surface area contributed by atoms with E-state index in [0.29, 0.717) is 0 Å². The predicted molar refractivity (Wildman–Crippen MR) is 114 cm³/mol. The first-order chi connectivity index (χ1) is 14.8. The third-order valence-corrected chi connectivity index (χ3v) is 11.7. The molecule has 176 valence electrons. The lowest BCUT2D eigenvalue weighted by Crippen LogP contribution is -2.65. The van der Waals surface area contributed by atoms with Gasteiger partial charge in [-0.25, -0.2) is 9.59 Å². The molecule has 2 amide bonds. The van der Waals surface area contributed by atoms with Crippen molar-refractivity contribution < 1.29 is 37.9 Å². The van der Waals surface area contributed by atoms with Gasteiger partial charge in [-0.2, -0.15) is 5.06 Å². The number of methoxy groups -OCH3 is 1. The number of nitrogens with zero attached hydrogens (tertiary/aromatic N) is 1. The van der Waals surface area contributed by atoms with Crippen LogP contribution in [0.5, 0.6) is 0 Å². The fraction of sp³-hybridized carbons (Fsp3) is 0.667. The lowest BCUT2D eigenvalue weighted by molar-refractivity contribution is -0.259. The van der Waals surface area contributed by atoms with Crippen LogP contribution in [0.3, 0.4) is 0 Å². The number of rotatable bonds is 5. The van der Waals surface area contributed by atoms with E-state index in [1.54, 1.807) is 12.2 Å². The molecular formula is C21H30N2O8Si.